The molecule has 0 bridgehead atoms. The van der Waals surface area contributed by atoms with Gasteiger partial charge < -0.3 is 19.5 Å². The van der Waals surface area contributed by atoms with Gasteiger partial charge in [-0.2, -0.15) is 0 Å². The monoisotopic (exact) mass is 342 g/mol. The summed E-state index contributed by atoms with van der Waals surface area (Å²) in [6, 6.07) is 13.2. The van der Waals surface area contributed by atoms with Crippen molar-refractivity contribution in [2.75, 3.05) is 32.3 Å². The highest BCUT2D eigenvalue weighted by atomic mass is 16.7. The predicted molar refractivity (Wildman–Crippen MR) is 95.1 cm³/mol. The zero-order valence-electron chi connectivity index (χ0n) is 14.5. The Balaban J connectivity index is 1.56. The van der Waals surface area contributed by atoms with Crippen LogP contribution in [0.5, 0.6) is 17.2 Å². The van der Waals surface area contributed by atoms with E-state index < -0.39 is 0 Å². The minimum absolute atomic E-state index is 0.0484. The third-order valence-corrected chi connectivity index (χ3v) is 4.03. The average molecular weight is 342 g/mol. The molecule has 0 saturated carbocycles. The number of nitrogens with one attached hydrogen (secondary N) is 1. The fourth-order valence-corrected chi connectivity index (χ4v) is 2.65. The van der Waals surface area contributed by atoms with Gasteiger partial charge in [-0.1, -0.05) is 13.0 Å². The molecule has 25 heavy (non-hydrogen) atoms. The maximum Gasteiger partial charge on any atom is 0.238 e. The second kappa shape index (κ2) is 7.90. The van der Waals surface area contributed by atoms with Crippen LogP contribution >= 0.6 is 0 Å². The molecule has 0 aromatic heterocycles. The van der Waals surface area contributed by atoms with Crippen molar-refractivity contribution in [2.45, 2.75) is 13.5 Å². The number of hydrogen-bond donors (Lipinski definition) is 1. The average Bonchev–Trinajstić information content (AvgIpc) is 3.09. The summed E-state index contributed by atoms with van der Waals surface area (Å²) in [4.78, 5) is 14.4. The number of likely N-dealkylation sites (N-methyl/N-ethyl adjacent to an activating group) is 1. The highest BCUT2D eigenvalue weighted by Gasteiger charge is 2.15. The van der Waals surface area contributed by atoms with E-state index in [2.05, 4.69) is 10.2 Å². The third kappa shape index (κ3) is 4.42. The molecular formula is C19H22N2O4. The van der Waals surface area contributed by atoms with Crippen LogP contribution in [0.1, 0.15) is 12.5 Å². The molecule has 2 aromatic carbocycles. The fraction of sp³-hybridized carbons (Fsp3) is 0.316. The number of methoxy groups -OCH3 is 1. The maximum absolute atomic E-state index is 12.3. The Morgan fingerprint density at radius 2 is 1.92 bits per heavy atom. The molecule has 1 aliphatic rings. The molecular weight excluding hydrogens is 320 g/mol. The molecule has 0 fully saturated rings. The summed E-state index contributed by atoms with van der Waals surface area (Å²) < 4.78 is 15.8. The van der Waals surface area contributed by atoms with Crippen molar-refractivity contribution in [3.8, 4) is 17.2 Å². The Morgan fingerprint density at radius 3 is 2.64 bits per heavy atom. The largest absolute Gasteiger partial charge is 0.497 e. The van der Waals surface area contributed by atoms with Crippen LogP contribution in [0.3, 0.4) is 0 Å². The van der Waals surface area contributed by atoms with Crippen LogP contribution < -0.4 is 19.5 Å². The lowest BCUT2D eigenvalue weighted by atomic mass is 10.2. The van der Waals surface area contributed by atoms with Crippen molar-refractivity contribution in [3.05, 3.63) is 48.0 Å². The molecule has 0 atom stereocenters. The number of ether oxygens (including phenoxy) is 3. The number of amides is 1. The van der Waals surface area contributed by atoms with Gasteiger partial charge in [0, 0.05) is 12.2 Å². The second-order valence-corrected chi connectivity index (χ2v) is 5.77. The molecule has 1 N–H and O–H groups in total. The number of hydrogen-bond acceptors (Lipinski definition) is 5. The zero-order valence-corrected chi connectivity index (χ0v) is 14.5. The molecule has 0 saturated heterocycles. The Morgan fingerprint density at radius 1 is 1.16 bits per heavy atom. The Kier molecular flexibility index (Phi) is 5.40. The van der Waals surface area contributed by atoms with Gasteiger partial charge in [0.2, 0.25) is 12.7 Å². The van der Waals surface area contributed by atoms with Crippen LogP contribution in [0.2, 0.25) is 0 Å². The summed E-state index contributed by atoms with van der Waals surface area (Å²) in [7, 11) is 1.61. The van der Waals surface area contributed by atoms with Crippen LogP contribution in [-0.4, -0.2) is 37.8 Å². The van der Waals surface area contributed by atoms with E-state index in [1.807, 2.05) is 49.4 Å². The molecule has 1 heterocycles. The van der Waals surface area contributed by atoms with E-state index >= 15 is 0 Å². The number of carbonyl (C=O) groups excluding carboxylic acids is 1. The van der Waals surface area contributed by atoms with E-state index in [0.29, 0.717) is 13.1 Å². The van der Waals surface area contributed by atoms with Crippen LogP contribution in [0.25, 0.3) is 0 Å². The van der Waals surface area contributed by atoms with Gasteiger partial charge in [0.1, 0.15) is 5.75 Å². The van der Waals surface area contributed by atoms with Crippen molar-refractivity contribution in [1.29, 1.82) is 0 Å². The smallest absolute Gasteiger partial charge is 0.238 e. The van der Waals surface area contributed by atoms with Gasteiger partial charge in [0.25, 0.3) is 0 Å². The summed E-state index contributed by atoms with van der Waals surface area (Å²) in [6.07, 6.45) is 0. The first-order chi connectivity index (χ1) is 12.2. The number of benzene rings is 2. The molecule has 3 rings (SSSR count). The number of fused-ring (bicyclic) bond motifs is 1. The second-order valence-electron chi connectivity index (χ2n) is 5.77. The van der Waals surface area contributed by atoms with Gasteiger partial charge in [-0.3, -0.25) is 9.69 Å². The Bertz CT molecular complexity index is 731. The first-order valence-electron chi connectivity index (χ1n) is 8.22. The van der Waals surface area contributed by atoms with Crippen molar-refractivity contribution < 1.29 is 19.0 Å². The normalized spacial score (nSPS) is 12.3. The van der Waals surface area contributed by atoms with Gasteiger partial charge in [-0.25, -0.2) is 0 Å². The van der Waals surface area contributed by atoms with Crippen molar-refractivity contribution in [2.24, 2.45) is 0 Å². The lowest BCUT2D eigenvalue weighted by Crippen LogP contribution is -2.32. The van der Waals surface area contributed by atoms with Gasteiger partial charge in [0.15, 0.2) is 11.5 Å². The minimum Gasteiger partial charge on any atom is -0.497 e. The maximum atomic E-state index is 12.3. The summed E-state index contributed by atoms with van der Waals surface area (Å²) in [6.45, 7) is 4.05. The standard InChI is InChI=1S/C19H22N2O4/c1-3-21(11-14-4-9-17-18(10-14)25-13-24-17)12-19(22)20-15-5-7-16(23-2)8-6-15/h4-10H,3,11-13H2,1-2H3,(H,20,22). The zero-order chi connectivity index (χ0) is 17.6. The first kappa shape index (κ1) is 17.1. The topological polar surface area (TPSA) is 60.0 Å². The summed E-state index contributed by atoms with van der Waals surface area (Å²) in [5.41, 5.74) is 1.84. The SMILES string of the molecule is CCN(CC(=O)Nc1ccc(OC)cc1)Cc1ccc2c(c1)OCO2. The van der Waals surface area contributed by atoms with Crippen molar-refractivity contribution >= 4 is 11.6 Å². The minimum atomic E-state index is -0.0484. The lowest BCUT2D eigenvalue weighted by molar-refractivity contribution is -0.117. The third-order valence-electron chi connectivity index (χ3n) is 4.03. The van der Waals surface area contributed by atoms with Crippen LogP contribution in [0.4, 0.5) is 5.69 Å². The van der Waals surface area contributed by atoms with E-state index in [4.69, 9.17) is 14.2 Å². The lowest BCUT2D eigenvalue weighted by Gasteiger charge is -2.20. The van der Waals surface area contributed by atoms with Crippen LogP contribution in [-0.2, 0) is 11.3 Å². The van der Waals surface area contributed by atoms with Crippen molar-refractivity contribution in [3.63, 3.8) is 0 Å². The van der Waals surface area contributed by atoms with Crippen LogP contribution in [0.15, 0.2) is 42.5 Å². The number of nitrogens with zero attached hydrogens (tertiary/aromatic N) is 1. The molecule has 0 spiro atoms. The van der Waals surface area contributed by atoms with E-state index in [0.717, 1.165) is 35.0 Å². The molecule has 1 aliphatic heterocycles. The summed E-state index contributed by atoms with van der Waals surface area (Å²) in [5, 5.41) is 2.90. The van der Waals surface area contributed by atoms with Crippen molar-refractivity contribution in [1.82, 2.24) is 4.90 Å². The summed E-state index contributed by atoms with van der Waals surface area (Å²) in [5.74, 6) is 2.24. The van der Waals surface area contributed by atoms with Gasteiger partial charge in [-0.15, -0.1) is 0 Å². The van der Waals surface area contributed by atoms with E-state index in [1.165, 1.54) is 0 Å². The summed E-state index contributed by atoms with van der Waals surface area (Å²) >= 11 is 0. The van der Waals surface area contributed by atoms with Gasteiger partial charge in [0.05, 0.1) is 13.7 Å². The number of rotatable bonds is 7. The Hall–Kier alpha value is -2.73. The van der Waals surface area contributed by atoms with E-state index in [9.17, 15) is 4.79 Å². The van der Waals surface area contributed by atoms with E-state index in [1.54, 1.807) is 7.11 Å². The highest BCUT2D eigenvalue weighted by Crippen LogP contribution is 2.32. The molecule has 2 aromatic rings. The molecule has 1 amide bonds. The molecule has 6 nitrogen and oxygen atoms in total. The fourth-order valence-electron chi connectivity index (χ4n) is 2.65. The first-order valence-corrected chi connectivity index (χ1v) is 8.22. The molecule has 6 heteroatoms. The highest BCUT2D eigenvalue weighted by molar-refractivity contribution is 5.92. The molecule has 0 radical (unpaired) electrons. The van der Waals surface area contributed by atoms with E-state index in [-0.39, 0.29) is 12.7 Å². The van der Waals surface area contributed by atoms with Crippen LogP contribution in [0, 0.1) is 0 Å². The number of anilines is 1. The van der Waals surface area contributed by atoms with Gasteiger partial charge in [-0.05, 0) is 48.5 Å². The quantitative estimate of drug-likeness (QED) is 0.838. The molecule has 132 valence electrons. The van der Waals surface area contributed by atoms with Gasteiger partial charge >= 0.3 is 0 Å². The predicted octanol–water partition coefficient (Wildman–Crippen LogP) is 2.88. The Labute approximate surface area is 147 Å². The molecule has 0 unspecified atom stereocenters. The number of carbonyl (C=O) groups is 1. The molecule has 0 aliphatic carbocycles.